The molecule has 20 heavy (non-hydrogen) atoms. The molecule has 0 fully saturated rings. The Morgan fingerprint density at radius 2 is 2.05 bits per heavy atom. The van der Waals surface area contributed by atoms with Gasteiger partial charge in [-0.15, -0.1) is 0 Å². The van der Waals surface area contributed by atoms with Gasteiger partial charge >= 0.3 is 0 Å². The van der Waals surface area contributed by atoms with E-state index in [4.69, 9.17) is 5.11 Å². The molecule has 1 aromatic carbocycles. The Morgan fingerprint density at radius 1 is 1.30 bits per heavy atom. The van der Waals surface area contributed by atoms with Gasteiger partial charge in [0.05, 0.1) is 18.8 Å². The zero-order valence-corrected chi connectivity index (χ0v) is 12.1. The Morgan fingerprint density at radius 3 is 2.75 bits per heavy atom. The van der Waals surface area contributed by atoms with Crippen LogP contribution < -0.4 is 5.32 Å². The number of hydrogen-bond acceptors (Lipinski definition) is 3. The number of hydrogen-bond donors (Lipinski definition) is 2. The van der Waals surface area contributed by atoms with Crippen LogP contribution >= 0.6 is 0 Å². The quantitative estimate of drug-likeness (QED) is 0.883. The van der Waals surface area contributed by atoms with E-state index in [0.717, 1.165) is 28.2 Å². The number of aliphatic hydroxyl groups is 1. The first kappa shape index (κ1) is 14.5. The molecule has 0 spiro atoms. The fraction of sp³-hybridized carbons (Fsp3) is 0.400. The topological polar surface area (TPSA) is 50.1 Å². The Labute approximate surface area is 118 Å². The zero-order chi connectivity index (χ0) is 14.7. The van der Waals surface area contributed by atoms with E-state index in [9.17, 15) is 4.39 Å². The van der Waals surface area contributed by atoms with Crippen LogP contribution in [-0.4, -0.2) is 21.5 Å². The fourth-order valence-electron chi connectivity index (χ4n) is 2.27. The molecule has 2 rings (SSSR count). The normalized spacial score (nSPS) is 10.8. The summed E-state index contributed by atoms with van der Waals surface area (Å²) in [7, 11) is 0. The number of aliphatic hydroxyl groups excluding tert-OH is 1. The summed E-state index contributed by atoms with van der Waals surface area (Å²) >= 11 is 0. The van der Waals surface area contributed by atoms with Crippen LogP contribution in [-0.2, 0) is 13.1 Å². The van der Waals surface area contributed by atoms with E-state index >= 15 is 0 Å². The van der Waals surface area contributed by atoms with Crippen LogP contribution in [0.4, 0.5) is 10.1 Å². The number of halogens is 1. The molecule has 0 saturated carbocycles. The maximum absolute atomic E-state index is 13.3. The van der Waals surface area contributed by atoms with E-state index in [-0.39, 0.29) is 12.4 Å². The molecule has 0 saturated heterocycles. The highest BCUT2D eigenvalue weighted by Crippen LogP contribution is 2.19. The molecule has 0 atom stereocenters. The summed E-state index contributed by atoms with van der Waals surface area (Å²) in [6, 6.07) is 4.71. The second kappa shape index (κ2) is 6.05. The molecule has 2 aromatic rings. The lowest BCUT2D eigenvalue weighted by Crippen LogP contribution is -2.07. The first-order valence-corrected chi connectivity index (χ1v) is 6.66. The molecule has 0 aliphatic carbocycles. The van der Waals surface area contributed by atoms with Gasteiger partial charge in [0.25, 0.3) is 0 Å². The van der Waals surface area contributed by atoms with E-state index in [1.54, 1.807) is 10.7 Å². The van der Waals surface area contributed by atoms with Gasteiger partial charge in [0, 0.05) is 23.5 Å². The minimum absolute atomic E-state index is 0.0673. The Kier molecular flexibility index (Phi) is 4.39. The summed E-state index contributed by atoms with van der Waals surface area (Å²) in [5.74, 6) is -0.248. The summed E-state index contributed by atoms with van der Waals surface area (Å²) in [6.07, 6.45) is 0. The average Bonchev–Trinajstić information content (AvgIpc) is 2.67. The van der Waals surface area contributed by atoms with Crippen LogP contribution in [0.15, 0.2) is 18.2 Å². The predicted molar refractivity (Wildman–Crippen MR) is 77.3 cm³/mol. The Balaban J connectivity index is 2.16. The lowest BCUT2D eigenvalue weighted by molar-refractivity contribution is 0.268. The molecule has 2 N–H and O–H groups in total. The molecular weight excluding hydrogens is 257 g/mol. The standard InChI is InChI=1S/C15H20FN3O/c1-10-4-5-13(16)8-15(10)17-9-14-11(2)18-19(6-7-20)12(14)3/h4-5,8,17,20H,6-7,9H2,1-3H3. The van der Waals surface area contributed by atoms with Crippen molar-refractivity contribution in [2.45, 2.75) is 33.9 Å². The molecule has 5 heteroatoms. The van der Waals surface area contributed by atoms with Gasteiger partial charge in [-0.3, -0.25) is 4.68 Å². The second-order valence-corrected chi connectivity index (χ2v) is 4.91. The van der Waals surface area contributed by atoms with Crippen molar-refractivity contribution in [1.29, 1.82) is 0 Å². The van der Waals surface area contributed by atoms with Gasteiger partial charge in [0.15, 0.2) is 0 Å². The van der Waals surface area contributed by atoms with Gasteiger partial charge in [0.2, 0.25) is 0 Å². The molecule has 4 nitrogen and oxygen atoms in total. The van der Waals surface area contributed by atoms with E-state index in [1.165, 1.54) is 12.1 Å². The predicted octanol–water partition coefficient (Wildman–Crippen LogP) is 2.55. The number of nitrogens with zero attached hydrogens (tertiary/aromatic N) is 2. The van der Waals surface area contributed by atoms with Gasteiger partial charge in [-0.25, -0.2) is 4.39 Å². The van der Waals surface area contributed by atoms with E-state index < -0.39 is 0 Å². The van der Waals surface area contributed by atoms with Crippen molar-refractivity contribution in [3.05, 3.63) is 46.5 Å². The molecule has 0 radical (unpaired) electrons. The van der Waals surface area contributed by atoms with Crippen LogP contribution in [0.2, 0.25) is 0 Å². The van der Waals surface area contributed by atoms with Crippen LogP contribution in [0.5, 0.6) is 0 Å². The number of nitrogens with one attached hydrogen (secondary N) is 1. The van der Waals surface area contributed by atoms with Crippen molar-refractivity contribution in [1.82, 2.24) is 9.78 Å². The minimum Gasteiger partial charge on any atom is -0.394 e. The number of benzene rings is 1. The van der Waals surface area contributed by atoms with Gasteiger partial charge in [-0.2, -0.15) is 5.10 Å². The van der Waals surface area contributed by atoms with E-state index in [0.29, 0.717) is 13.1 Å². The summed E-state index contributed by atoms with van der Waals surface area (Å²) in [4.78, 5) is 0. The highest BCUT2D eigenvalue weighted by atomic mass is 19.1. The van der Waals surface area contributed by atoms with Crippen molar-refractivity contribution < 1.29 is 9.50 Å². The molecule has 0 aliphatic rings. The fourth-order valence-corrected chi connectivity index (χ4v) is 2.27. The monoisotopic (exact) mass is 277 g/mol. The summed E-state index contributed by atoms with van der Waals surface area (Å²) in [5, 5.41) is 16.6. The van der Waals surface area contributed by atoms with Crippen LogP contribution in [0.3, 0.4) is 0 Å². The van der Waals surface area contributed by atoms with Crippen molar-refractivity contribution >= 4 is 5.69 Å². The number of aromatic nitrogens is 2. The highest BCUT2D eigenvalue weighted by molar-refractivity contribution is 5.51. The highest BCUT2D eigenvalue weighted by Gasteiger charge is 2.11. The van der Waals surface area contributed by atoms with Crippen LogP contribution in [0.1, 0.15) is 22.5 Å². The second-order valence-electron chi connectivity index (χ2n) is 4.91. The van der Waals surface area contributed by atoms with Crippen LogP contribution in [0.25, 0.3) is 0 Å². The molecular formula is C15H20FN3O. The SMILES string of the molecule is Cc1ccc(F)cc1NCc1c(C)nn(CCO)c1C. The molecule has 0 aliphatic heterocycles. The third kappa shape index (κ3) is 2.99. The average molecular weight is 277 g/mol. The first-order chi connectivity index (χ1) is 9.52. The van der Waals surface area contributed by atoms with E-state index in [1.807, 2.05) is 20.8 Å². The molecule has 0 unspecified atom stereocenters. The van der Waals surface area contributed by atoms with Crippen molar-refractivity contribution in [3.8, 4) is 0 Å². The largest absolute Gasteiger partial charge is 0.394 e. The first-order valence-electron chi connectivity index (χ1n) is 6.66. The molecule has 1 aromatic heterocycles. The number of aryl methyl sites for hydroxylation is 2. The third-order valence-electron chi connectivity index (χ3n) is 3.50. The number of anilines is 1. The smallest absolute Gasteiger partial charge is 0.125 e. The Hall–Kier alpha value is -1.88. The van der Waals surface area contributed by atoms with Crippen molar-refractivity contribution in [2.24, 2.45) is 0 Å². The van der Waals surface area contributed by atoms with Crippen molar-refractivity contribution in [3.63, 3.8) is 0 Å². The van der Waals surface area contributed by atoms with Gasteiger partial charge in [-0.1, -0.05) is 6.07 Å². The lowest BCUT2D eigenvalue weighted by atomic mass is 10.1. The number of rotatable bonds is 5. The van der Waals surface area contributed by atoms with Gasteiger partial charge < -0.3 is 10.4 Å². The van der Waals surface area contributed by atoms with Crippen LogP contribution in [0, 0.1) is 26.6 Å². The molecule has 1 heterocycles. The third-order valence-corrected chi connectivity index (χ3v) is 3.50. The molecule has 0 bridgehead atoms. The van der Waals surface area contributed by atoms with Gasteiger partial charge in [-0.05, 0) is 38.5 Å². The molecule has 108 valence electrons. The summed E-state index contributed by atoms with van der Waals surface area (Å²) in [6.45, 7) is 7.01. The summed E-state index contributed by atoms with van der Waals surface area (Å²) in [5.41, 5.74) is 4.83. The molecule has 0 amide bonds. The summed E-state index contributed by atoms with van der Waals surface area (Å²) < 4.78 is 15.0. The minimum atomic E-state index is -0.248. The van der Waals surface area contributed by atoms with E-state index in [2.05, 4.69) is 10.4 Å². The van der Waals surface area contributed by atoms with Gasteiger partial charge in [0.1, 0.15) is 5.82 Å². The maximum atomic E-state index is 13.3. The zero-order valence-electron chi connectivity index (χ0n) is 12.1. The maximum Gasteiger partial charge on any atom is 0.125 e. The van der Waals surface area contributed by atoms with Crippen molar-refractivity contribution in [2.75, 3.05) is 11.9 Å². The lowest BCUT2D eigenvalue weighted by Gasteiger charge is -2.10. The Bertz CT molecular complexity index is 607.